The van der Waals surface area contributed by atoms with Crippen molar-refractivity contribution in [2.75, 3.05) is 26.2 Å². The molecule has 3 aromatic rings. The highest BCUT2D eigenvalue weighted by Crippen LogP contribution is 2.50. The minimum atomic E-state index is -0.863. The standard InChI is InChI=1S/C20H21N5O2S.C19H23N5S/c21-7-5-12-1-3-14(4-2-12)25-17-16(9-22-15-6-8-28-18(15)17)23-19(25)13-10-24(11-13)20(26)27;20-8-5-13-1-3-15(4-2-13)24-17-6-9-22-16-7-10-25-19(16,17)23-18(24)14-11-21-12-14/h6,8-9,12-14H,1-5,10-11H2,(H,26,27);6-7,9-10,13-15,17,21H,1-5,11-12H2/t12-,14-;13?,15?,17-,19+/m.1/s1. The Balaban J connectivity index is 0.000000141. The van der Waals surface area contributed by atoms with Gasteiger partial charge >= 0.3 is 6.09 Å². The summed E-state index contributed by atoms with van der Waals surface area (Å²) in [6, 6.07) is 7.89. The van der Waals surface area contributed by atoms with Crippen LogP contribution in [0.5, 0.6) is 0 Å². The monoisotopic (exact) mass is 748 g/mol. The van der Waals surface area contributed by atoms with Crippen LogP contribution in [0.25, 0.3) is 21.3 Å². The van der Waals surface area contributed by atoms with E-state index in [0.29, 0.717) is 55.8 Å². The lowest BCUT2D eigenvalue weighted by atomic mass is 9.82. The number of likely N-dealkylation sites (tertiary alicyclic amines) is 1. The van der Waals surface area contributed by atoms with E-state index in [2.05, 4.69) is 59.8 Å². The third kappa shape index (κ3) is 6.03. The molecule has 0 aromatic carbocycles. The van der Waals surface area contributed by atoms with Crippen molar-refractivity contribution in [3.05, 3.63) is 47.2 Å². The summed E-state index contributed by atoms with van der Waals surface area (Å²) in [6.07, 6.45) is 17.6. The van der Waals surface area contributed by atoms with Crippen LogP contribution in [0.2, 0.25) is 0 Å². The first-order chi connectivity index (χ1) is 26.0. The summed E-state index contributed by atoms with van der Waals surface area (Å²) in [5.41, 5.74) is 4.14. The van der Waals surface area contributed by atoms with Crippen LogP contribution in [0, 0.1) is 40.4 Å². The van der Waals surface area contributed by atoms with Gasteiger partial charge in [0.25, 0.3) is 0 Å². The number of amidine groups is 1. The molecule has 274 valence electrons. The van der Waals surface area contributed by atoms with Gasteiger partial charge in [0, 0.05) is 63.2 Å². The van der Waals surface area contributed by atoms with E-state index in [1.807, 2.05) is 30.2 Å². The third-order valence-electron chi connectivity index (χ3n) is 12.5. The molecule has 0 unspecified atom stereocenters. The number of nitrogens with one attached hydrogen (secondary N) is 1. The molecule has 14 heteroatoms. The number of hydrogen-bond donors (Lipinski definition) is 2. The fraction of sp³-hybridized carbons (Fsp3) is 0.564. The molecule has 2 aliphatic carbocycles. The van der Waals surface area contributed by atoms with Crippen LogP contribution < -0.4 is 5.32 Å². The van der Waals surface area contributed by atoms with E-state index in [1.165, 1.54) is 36.4 Å². The molecule has 5 aliphatic heterocycles. The molecule has 1 spiro atoms. The van der Waals surface area contributed by atoms with Crippen LogP contribution >= 0.6 is 23.1 Å². The lowest BCUT2D eigenvalue weighted by Gasteiger charge is -2.44. The molecule has 12 nitrogen and oxygen atoms in total. The Morgan fingerprint density at radius 2 is 1.70 bits per heavy atom. The number of aliphatic imine (C=N–C) groups is 2. The maximum absolute atomic E-state index is 11.2. The highest BCUT2D eigenvalue weighted by atomic mass is 32.2. The van der Waals surface area contributed by atoms with Gasteiger partial charge in [-0.15, -0.1) is 11.3 Å². The quantitative estimate of drug-likeness (QED) is 0.269. The molecule has 8 heterocycles. The zero-order chi connectivity index (χ0) is 36.1. The smallest absolute Gasteiger partial charge is 0.407 e. The predicted molar refractivity (Wildman–Crippen MR) is 208 cm³/mol. The second-order valence-electron chi connectivity index (χ2n) is 15.6. The maximum Gasteiger partial charge on any atom is 0.407 e. The molecular formula is C39H44N10O2S2. The number of fused-ring (bicyclic) bond motifs is 3. The van der Waals surface area contributed by atoms with Crippen molar-refractivity contribution in [2.45, 2.75) is 93.1 Å². The van der Waals surface area contributed by atoms with Crippen LogP contribution in [-0.4, -0.2) is 90.2 Å². The number of thiophene rings is 1. The number of aromatic nitrogens is 3. The Morgan fingerprint density at radius 3 is 2.36 bits per heavy atom. The van der Waals surface area contributed by atoms with Crippen molar-refractivity contribution in [3.8, 4) is 12.1 Å². The van der Waals surface area contributed by atoms with E-state index in [0.717, 1.165) is 71.6 Å². The summed E-state index contributed by atoms with van der Waals surface area (Å²) < 4.78 is 3.55. The molecule has 2 saturated heterocycles. The van der Waals surface area contributed by atoms with Gasteiger partial charge in [-0.25, -0.2) is 14.8 Å². The molecule has 1 amide bonds. The first kappa shape index (κ1) is 34.5. The molecule has 0 bridgehead atoms. The van der Waals surface area contributed by atoms with E-state index >= 15 is 0 Å². The third-order valence-corrected chi connectivity index (χ3v) is 14.6. The summed E-state index contributed by atoms with van der Waals surface area (Å²) >= 11 is 3.51. The molecule has 4 fully saturated rings. The van der Waals surface area contributed by atoms with Crippen LogP contribution in [0.1, 0.15) is 82.0 Å². The van der Waals surface area contributed by atoms with Crippen LogP contribution in [0.4, 0.5) is 4.79 Å². The van der Waals surface area contributed by atoms with E-state index in [1.54, 1.807) is 11.3 Å². The number of nitrogens with zero attached hydrogens (tertiary/aromatic N) is 9. The first-order valence-corrected chi connectivity index (χ1v) is 20.9. The van der Waals surface area contributed by atoms with Crippen LogP contribution in [0.15, 0.2) is 51.4 Å². The minimum Gasteiger partial charge on any atom is -0.465 e. The molecular weight excluding hydrogens is 705 g/mol. The predicted octanol–water partition coefficient (Wildman–Crippen LogP) is 7.05. The average molecular weight is 749 g/mol. The van der Waals surface area contributed by atoms with E-state index in [4.69, 9.17) is 20.5 Å². The summed E-state index contributed by atoms with van der Waals surface area (Å²) in [7, 11) is 0. The Bertz CT molecular complexity index is 2100. The lowest BCUT2D eigenvalue weighted by molar-refractivity contribution is 0.101. The average Bonchev–Trinajstić information content (AvgIpc) is 3.91. The Morgan fingerprint density at radius 1 is 0.981 bits per heavy atom. The summed E-state index contributed by atoms with van der Waals surface area (Å²) in [5.74, 6) is 4.05. The number of pyridine rings is 1. The SMILES string of the molecule is N#CCC1CCC(N2C(C3CNC3)=N[C@]34SC=CC3=NC=C[C@@H]24)CC1.N#CC[C@H]1CC[C@H](n2c(C3CN(C(=O)O)C3)nc3cnc4ccsc4c32)CC1. The molecule has 3 aromatic heterocycles. The zero-order valence-corrected chi connectivity index (χ0v) is 31.3. The topological polar surface area (TPSA) is 159 Å². The minimum absolute atomic E-state index is 0.135. The summed E-state index contributed by atoms with van der Waals surface area (Å²) in [6.45, 7) is 3.08. The van der Waals surface area contributed by atoms with Gasteiger partial charge in [-0.1, -0.05) is 11.8 Å². The summed E-state index contributed by atoms with van der Waals surface area (Å²) in [4.78, 5) is 34.4. The number of imidazole rings is 1. The Hall–Kier alpha value is -4.24. The normalized spacial score (nSPS) is 30.7. The van der Waals surface area contributed by atoms with Crippen LogP contribution in [-0.2, 0) is 0 Å². The molecule has 2 N–H and O–H groups in total. The van der Waals surface area contributed by atoms with E-state index < -0.39 is 6.09 Å². The highest BCUT2D eigenvalue weighted by molar-refractivity contribution is 8.04. The molecule has 7 aliphatic rings. The number of carbonyl (C=O) groups is 1. The largest absolute Gasteiger partial charge is 0.465 e. The van der Waals surface area contributed by atoms with Gasteiger partial charge in [-0.2, -0.15) is 10.5 Å². The second kappa shape index (κ2) is 14.2. The van der Waals surface area contributed by atoms with Crippen molar-refractivity contribution in [2.24, 2.45) is 27.7 Å². The van der Waals surface area contributed by atoms with Gasteiger partial charge in [0.1, 0.15) is 17.2 Å². The van der Waals surface area contributed by atoms with Gasteiger partial charge in [0.15, 0.2) is 4.87 Å². The van der Waals surface area contributed by atoms with E-state index in [-0.39, 0.29) is 16.8 Å². The van der Waals surface area contributed by atoms with Crippen molar-refractivity contribution >= 4 is 62.0 Å². The molecule has 2 saturated carbocycles. The van der Waals surface area contributed by atoms with Crippen molar-refractivity contribution in [1.82, 2.24) is 29.7 Å². The summed E-state index contributed by atoms with van der Waals surface area (Å²) in [5, 5.41) is 34.8. The van der Waals surface area contributed by atoms with Crippen molar-refractivity contribution in [3.63, 3.8) is 0 Å². The second-order valence-corrected chi connectivity index (χ2v) is 17.6. The maximum atomic E-state index is 11.2. The van der Waals surface area contributed by atoms with E-state index in [9.17, 15) is 9.90 Å². The van der Waals surface area contributed by atoms with Crippen molar-refractivity contribution < 1.29 is 9.90 Å². The Labute approximate surface area is 317 Å². The van der Waals surface area contributed by atoms with Gasteiger partial charge < -0.3 is 24.8 Å². The van der Waals surface area contributed by atoms with Gasteiger partial charge in [-0.05, 0) is 92.2 Å². The zero-order valence-electron chi connectivity index (χ0n) is 29.7. The van der Waals surface area contributed by atoms with Gasteiger partial charge in [-0.3, -0.25) is 9.98 Å². The lowest BCUT2D eigenvalue weighted by Crippen LogP contribution is -2.57. The number of carboxylic acid groups (broad SMARTS) is 1. The van der Waals surface area contributed by atoms with Gasteiger partial charge in [0.2, 0.25) is 0 Å². The van der Waals surface area contributed by atoms with Gasteiger partial charge in [0.05, 0.1) is 51.7 Å². The fourth-order valence-electron chi connectivity index (χ4n) is 9.51. The number of nitriles is 2. The van der Waals surface area contributed by atoms with Crippen molar-refractivity contribution in [1.29, 1.82) is 10.5 Å². The number of rotatable bonds is 6. The highest BCUT2D eigenvalue weighted by Gasteiger charge is 2.56. The number of hydrogen-bond acceptors (Lipinski definition) is 11. The first-order valence-electron chi connectivity index (χ1n) is 19.1. The molecule has 2 atom stereocenters. The molecule has 10 rings (SSSR count). The Kier molecular flexibility index (Phi) is 9.25. The molecule has 0 radical (unpaired) electrons. The number of amides is 1. The fourth-order valence-corrected chi connectivity index (χ4v) is 11.5. The number of thioether (sulfide) groups is 1. The molecule has 53 heavy (non-hydrogen) atoms. The van der Waals surface area contributed by atoms with Crippen LogP contribution in [0.3, 0.4) is 0 Å².